The number of fused-ring (bicyclic) bond motifs is 1. The number of hydrogen-bond donors (Lipinski definition) is 2. The zero-order valence-corrected chi connectivity index (χ0v) is 26.3. The normalized spacial score (nSPS) is 11.7. The van der Waals surface area contributed by atoms with Crippen molar-refractivity contribution in [3.05, 3.63) is 88.5 Å². The Morgan fingerprint density at radius 2 is 1.72 bits per heavy atom. The lowest BCUT2D eigenvalue weighted by molar-refractivity contribution is -0.135. The second-order valence-electron chi connectivity index (χ2n) is 10.5. The highest BCUT2D eigenvalue weighted by Gasteiger charge is 2.29. The fourth-order valence-corrected chi connectivity index (χ4v) is 7.12. The van der Waals surface area contributed by atoms with E-state index in [1.54, 1.807) is 33.8 Å². The maximum Gasteiger partial charge on any atom is 0.407 e. The Labute approximate surface area is 259 Å². The van der Waals surface area contributed by atoms with Crippen LogP contribution >= 0.6 is 22.7 Å². The van der Waals surface area contributed by atoms with E-state index in [2.05, 4.69) is 62.2 Å². The number of carbonyl (C=O) groups excluding carboxylic acids is 2. The van der Waals surface area contributed by atoms with Gasteiger partial charge in [0, 0.05) is 28.4 Å². The molecule has 1 atom stereocenters. The molecule has 0 radical (unpaired) electrons. The minimum atomic E-state index is -0.681. The van der Waals surface area contributed by atoms with E-state index < -0.39 is 12.1 Å². The highest BCUT2D eigenvalue weighted by atomic mass is 32.1. The van der Waals surface area contributed by atoms with Crippen LogP contribution in [0.1, 0.15) is 44.1 Å². The number of thiophene rings is 2. The molecular weight excluding hydrogens is 577 g/mol. The number of aromatic amines is 1. The van der Waals surface area contributed by atoms with Crippen LogP contribution in [-0.2, 0) is 16.1 Å². The summed E-state index contributed by atoms with van der Waals surface area (Å²) in [6, 6.07) is 17.8. The van der Waals surface area contributed by atoms with Crippen LogP contribution in [0.2, 0.25) is 0 Å². The van der Waals surface area contributed by atoms with Gasteiger partial charge in [0.15, 0.2) is 0 Å². The number of nitrogens with one attached hydrogen (secondary N) is 2. The average Bonchev–Trinajstić information content (AvgIpc) is 3.76. The van der Waals surface area contributed by atoms with E-state index in [4.69, 9.17) is 4.74 Å². The first-order valence-electron chi connectivity index (χ1n) is 14.2. The first-order valence-corrected chi connectivity index (χ1v) is 16.0. The number of nitrogens with zero attached hydrogens (tertiary/aromatic N) is 2. The molecule has 0 saturated carbocycles. The Hall–Kier alpha value is -4.39. The molecule has 9 heteroatoms. The van der Waals surface area contributed by atoms with Crippen molar-refractivity contribution >= 4 is 44.1 Å². The lowest BCUT2D eigenvalue weighted by Gasteiger charge is -2.28. The van der Waals surface area contributed by atoms with Gasteiger partial charge in [-0.3, -0.25) is 4.79 Å². The third-order valence-electron chi connectivity index (χ3n) is 7.07. The van der Waals surface area contributed by atoms with Gasteiger partial charge in [-0.1, -0.05) is 75.1 Å². The number of H-pyrrole nitrogens is 1. The Balaban J connectivity index is 1.30. The van der Waals surface area contributed by atoms with Crippen LogP contribution in [0.3, 0.4) is 0 Å². The summed E-state index contributed by atoms with van der Waals surface area (Å²) in [4.78, 5) is 34.9. The number of hydrogen-bond acceptors (Lipinski definition) is 6. The molecule has 2 N–H and O–H groups in total. The van der Waals surface area contributed by atoms with Gasteiger partial charge in [0.05, 0.1) is 40.5 Å². The van der Waals surface area contributed by atoms with E-state index in [0.29, 0.717) is 18.9 Å². The second kappa shape index (κ2) is 13.7. The summed E-state index contributed by atoms with van der Waals surface area (Å²) in [5.74, 6) is 7.05. The molecule has 7 nitrogen and oxygen atoms in total. The molecule has 0 saturated heterocycles. The lowest BCUT2D eigenvalue weighted by atomic mass is 10.0. The average molecular weight is 611 g/mol. The minimum Gasteiger partial charge on any atom is -0.453 e. The monoisotopic (exact) mass is 610 g/mol. The zero-order chi connectivity index (χ0) is 30.3. The molecule has 0 spiro atoms. The van der Waals surface area contributed by atoms with Gasteiger partial charge >= 0.3 is 6.09 Å². The number of alkyl carbamates (subject to hydrolysis) is 1. The molecular formula is C34H34N4O3S2. The summed E-state index contributed by atoms with van der Waals surface area (Å²) in [6.45, 7) is 6.68. The molecule has 0 aliphatic rings. The Morgan fingerprint density at radius 1 is 1.00 bits per heavy atom. The molecule has 3 aromatic heterocycles. The van der Waals surface area contributed by atoms with Crippen LogP contribution in [-0.4, -0.2) is 46.6 Å². The predicted molar refractivity (Wildman–Crippen MR) is 175 cm³/mol. The quantitative estimate of drug-likeness (QED) is 0.169. The fourth-order valence-electron chi connectivity index (χ4n) is 4.80. The number of amides is 2. The van der Waals surface area contributed by atoms with E-state index >= 15 is 0 Å². The summed E-state index contributed by atoms with van der Waals surface area (Å²) in [5, 5.41) is 7.02. The van der Waals surface area contributed by atoms with E-state index in [-0.39, 0.29) is 11.8 Å². The number of benzene rings is 2. The molecule has 0 aliphatic carbocycles. The van der Waals surface area contributed by atoms with Crippen LogP contribution in [0, 0.1) is 17.8 Å². The van der Waals surface area contributed by atoms with Gasteiger partial charge in [0.25, 0.3) is 0 Å². The van der Waals surface area contributed by atoms with Crippen molar-refractivity contribution < 1.29 is 14.3 Å². The molecule has 220 valence electrons. The molecule has 2 aromatic carbocycles. The molecule has 43 heavy (non-hydrogen) atoms. The summed E-state index contributed by atoms with van der Waals surface area (Å²) in [6.07, 6.45) is 1.96. The van der Waals surface area contributed by atoms with Crippen molar-refractivity contribution in [3.8, 4) is 34.2 Å². The van der Waals surface area contributed by atoms with E-state index in [1.807, 2.05) is 51.1 Å². The molecule has 1 unspecified atom stereocenters. The highest BCUT2D eigenvalue weighted by molar-refractivity contribution is 7.27. The van der Waals surface area contributed by atoms with Crippen LogP contribution in [0.25, 0.3) is 31.8 Å². The fraction of sp³-hybridized carbons (Fsp3) is 0.265. The van der Waals surface area contributed by atoms with Gasteiger partial charge in [-0.25, -0.2) is 9.78 Å². The molecule has 5 aromatic rings. The van der Waals surface area contributed by atoms with Crippen molar-refractivity contribution in [2.45, 2.75) is 39.8 Å². The molecule has 5 rings (SSSR count). The highest BCUT2D eigenvalue weighted by Crippen LogP contribution is 2.40. The topological polar surface area (TPSA) is 87.3 Å². The third kappa shape index (κ3) is 6.99. The number of carbonyl (C=O) groups is 2. The Morgan fingerprint density at radius 3 is 2.42 bits per heavy atom. The number of aromatic nitrogens is 2. The van der Waals surface area contributed by atoms with Crippen LogP contribution in [0.4, 0.5) is 4.79 Å². The molecule has 2 amide bonds. The van der Waals surface area contributed by atoms with E-state index in [0.717, 1.165) is 34.4 Å². The number of ether oxygens (including phenoxy) is 1. The lowest BCUT2D eigenvalue weighted by Crippen LogP contribution is -2.51. The largest absolute Gasteiger partial charge is 0.453 e. The first kappa shape index (κ1) is 30.1. The number of imidazole rings is 1. The Bertz CT molecular complexity index is 1760. The van der Waals surface area contributed by atoms with Crippen molar-refractivity contribution in [3.63, 3.8) is 0 Å². The van der Waals surface area contributed by atoms with Crippen molar-refractivity contribution in [2.75, 3.05) is 13.7 Å². The number of rotatable bonds is 9. The number of methoxy groups -OCH3 is 1. The second-order valence-corrected chi connectivity index (χ2v) is 12.3. The smallest absolute Gasteiger partial charge is 0.407 e. The van der Waals surface area contributed by atoms with Crippen LogP contribution < -0.4 is 5.32 Å². The van der Waals surface area contributed by atoms with Crippen molar-refractivity contribution in [2.24, 2.45) is 5.92 Å². The summed E-state index contributed by atoms with van der Waals surface area (Å²) >= 11 is 3.46. The van der Waals surface area contributed by atoms with E-state index in [1.165, 1.54) is 22.1 Å². The van der Waals surface area contributed by atoms with Crippen LogP contribution in [0.5, 0.6) is 0 Å². The molecule has 3 heterocycles. The molecule has 0 aliphatic heterocycles. The van der Waals surface area contributed by atoms with Gasteiger partial charge in [-0.15, -0.1) is 22.7 Å². The van der Waals surface area contributed by atoms with Gasteiger partial charge < -0.3 is 19.9 Å². The van der Waals surface area contributed by atoms with E-state index in [9.17, 15) is 9.59 Å². The zero-order valence-electron chi connectivity index (χ0n) is 24.6. The Kier molecular flexibility index (Phi) is 9.60. The minimum absolute atomic E-state index is 0.0934. The van der Waals surface area contributed by atoms with Crippen molar-refractivity contribution in [1.29, 1.82) is 0 Å². The summed E-state index contributed by atoms with van der Waals surface area (Å²) < 4.78 is 7.20. The first-order chi connectivity index (χ1) is 20.9. The van der Waals surface area contributed by atoms with Gasteiger partial charge in [0.1, 0.15) is 11.9 Å². The van der Waals surface area contributed by atoms with Gasteiger partial charge in [-0.05, 0) is 35.6 Å². The summed E-state index contributed by atoms with van der Waals surface area (Å²) in [5.41, 5.74) is 6.33. The van der Waals surface area contributed by atoms with Gasteiger partial charge in [-0.2, -0.15) is 0 Å². The maximum atomic E-state index is 13.4. The van der Waals surface area contributed by atoms with Gasteiger partial charge in [0.2, 0.25) is 5.91 Å². The SMILES string of the molecule is CCCN(Cc1ncc(-c2ccc(-c3csc4c(C#Cc5ccccc5)csc34)cc2)[nH]1)C(=O)C(NC(=O)OC)C(C)C. The van der Waals surface area contributed by atoms with Crippen LogP contribution in [0.15, 0.2) is 71.6 Å². The maximum absolute atomic E-state index is 13.4. The standard InChI is InChI=1S/C34H34N4O3S2/c1-5-17-38(33(39)30(22(2)3)37-34(40)41-4)19-29-35-18-28(36-29)25-15-13-24(14-16-25)27-21-43-31-26(20-42-32(27)31)12-11-23-9-7-6-8-10-23/h6-10,13-16,18,20-22,30H,5,17,19H2,1-4H3,(H,35,36)(H,37,40). The van der Waals surface area contributed by atoms with Crippen molar-refractivity contribution in [1.82, 2.24) is 20.2 Å². The third-order valence-corrected chi connectivity index (χ3v) is 9.23. The predicted octanol–water partition coefficient (Wildman–Crippen LogP) is 7.54. The summed E-state index contributed by atoms with van der Waals surface area (Å²) in [7, 11) is 1.29. The molecule has 0 bridgehead atoms. The molecule has 0 fully saturated rings.